The Morgan fingerprint density at radius 1 is 1.21 bits per heavy atom. The number of carbonyl (C=O) groups excluding carboxylic acids is 4. The Kier molecular flexibility index (Phi) is 4.39. The average Bonchev–Trinajstić information content (AvgIpc) is 2.67. The van der Waals surface area contributed by atoms with Crippen molar-refractivity contribution in [1.82, 2.24) is 5.32 Å². The van der Waals surface area contributed by atoms with Gasteiger partial charge in [0.25, 0.3) is 5.91 Å². The van der Waals surface area contributed by atoms with Crippen LogP contribution in [-0.4, -0.2) is 30.3 Å². The Bertz CT molecular complexity index is 1060. The number of hydrogen-bond donors (Lipinski definition) is 2. The second-order valence-corrected chi connectivity index (χ2v) is 6.94. The molecule has 1 unspecified atom stereocenters. The Hall–Kier alpha value is -3.54. The molecule has 6 heteroatoms. The van der Waals surface area contributed by atoms with Gasteiger partial charge in [-0.25, -0.2) is 0 Å². The lowest BCUT2D eigenvalue weighted by molar-refractivity contribution is -0.123. The average molecular weight is 374 g/mol. The van der Waals surface area contributed by atoms with E-state index in [1.807, 2.05) is 24.3 Å². The van der Waals surface area contributed by atoms with Crippen molar-refractivity contribution in [3.8, 4) is 0 Å². The van der Waals surface area contributed by atoms with Crippen molar-refractivity contribution in [3.63, 3.8) is 0 Å². The minimum Gasteiger partial charge on any atom is -0.398 e. The largest absolute Gasteiger partial charge is 0.398 e. The molecule has 0 saturated heterocycles. The zero-order chi connectivity index (χ0) is 19.8. The van der Waals surface area contributed by atoms with Gasteiger partial charge in [0, 0.05) is 29.8 Å². The number of nitrogens with two attached hydrogens (primary N) is 1. The van der Waals surface area contributed by atoms with Crippen molar-refractivity contribution in [3.05, 3.63) is 81.6 Å². The number of aldehydes is 1. The van der Waals surface area contributed by atoms with Gasteiger partial charge in [0.2, 0.25) is 0 Å². The molecule has 1 aromatic carbocycles. The minimum absolute atomic E-state index is 0.0936. The summed E-state index contributed by atoms with van der Waals surface area (Å²) in [5.74, 6) is -1.87. The van der Waals surface area contributed by atoms with Gasteiger partial charge in [0.15, 0.2) is 11.6 Å². The lowest BCUT2D eigenvalue weighted by atomic mass is 9.73. The number of fused-ring (bicyclic) bond motifs is 3. The maximum Gasteiger partial charge on any atom is 0.257 e. The summed E-state index contributed by atoms with van der Waals surface area (Å²) in [6.45, 7) is 0.133. The second-order valence-electron chi connectivity index (χ2n) is 6.94. The molecule has 28 heavy (non-hydrogen) atoms. The van der Waals surface area contributed by atoms with Crippen LogP contribution in [0.3, 0.4) is 0 Å². The zero-order valence-electron chi connectivity index (χ0n) is 15.0. The quantitative estimate of drug-likeness (QED) is 0.470. The van der Waals surface area contributed by atoms with Crippen LogP contribution in [0.2, 0.25) is 0 Å². The molecule has 140 valence electrons. The predicted molar refractivity (Wildman–Crippen MR) is 102 cm³/mol. The van der Waals surface area contributed by atoms with Crippen molar-refractivity contribution in [1.29, 1.82) is 0 Å². The number of rotatable bonds is 4. The molecule has 0 saturated carbocycles. The van der Waals surface area contributed by atoms with Crippen LogP contribution in [-0.2, 0) is 20.8 Å². The number of nitrogens with one attached hydrogen (secondary N) is 1. The molecule has 4 rings (SSSR count). The first kappa shape index (κ1) is 17.9. The lowest BCUT2D eigenvalue weighted by Crippen LogP contribution is -2.37. The fourth-order valence-corrected chi connectivity index (χ4v) is 3.84. The summed E-state index contributed by atoms with van der Waals surface area (Å²) >= 11 is 0. The first-order chi connectivity index (χ1) is 13.5. The van der Waals surface area contributed by atoms with Gasteiger partial charge < -0.3 is 15.8 Å². The van der Waals surface area contributed by atoms with Crippen molar-refractivity contribution < 1.29 is 19.2 Å². The minimum atomic E-state index is -0.716. The second kappa shape index (κ2) is 6.88. The predicted octanol–water partition coefficient (Wildman–Crippen LogP) is 1.34. The molecule has 3 aliphatic carbocycles. The number of ketones is 2. The molecular weight excluding hydrogens is 356 g/mol. The van der Waals surface area contributed by atoms with Gasteiger partial charge >= 0.3 is 0 Å². The third-order valence-corrected chi connectivity index (χ3v) is 5.18. The van der Waals surface area contributed by atoms with Crippen LogP contribution in [0.1, 0.15) is 22.3 Å². The van der Waals surface area contributed by atoms with Gasteiger partial charge in [-0.2, -0.15) is 0 Å². The highest BCUT2D eigenvalue weighted by molar-refractivity contribution is 6.24. The number of allylic oxidation sites excluding steroid dienone is 6. The molecule has 0 spiro atoms. The van der Waals surface area contributed by atoms with E-state index in [2.05, 4.69) is 5.32 Å². The Balaban J connectivity index is 1.71. The van der Waals surface area contributed by atoms with E-state index in [1.165, 1.54) is 0 Å². The number of Topliss-reactive ketones (excluding diaryl/α,β-unsaturated/α-hetero) is 2. The Morgan fingerprint density at radius 2 is 2.00 bits per heavy atom. The van der Waals surface area contributed by atoms with Gasteiger partial charge in [-0.3, -0.25) is 14.4 Å². The van der Waals surface area contributed by atoms with Crippen LogP contribution in [0.5, 0.6) is 0 Å². The normalized spacial score (nSPS) is 20.3. The molecule has 0 fully saturated rings. The maximum atomic E-state index is 13.0. The highest BCUT2D eigenvalue weighted by Crippen LogP contribution is 2.39. The Morgan fingerprint density at radius 3 is 2.79 bits per heavy atom. The molecule has 3 aliphatic rings. The van der Waals surface area contributed by atoms with Gasteiger partial charge in [0.1, 0.15) is 11.9 Å². The molecule has 1 atom stereocenters. The lowest BCUT2D eigenvalue weighted by Gasteiger charge is -2.30. The van der Waals surface area contributed by atoms with Crippen LogP contribution in [0.15, 0.2) is 70.5 Å². The van der Waals surface area contributed by atoms with Crippen LogP contribution >= 0.6 is 0 Å². The van der Waals surface area contributed by atoms with Crippen molar-refractivity contribution >= 4 is 23.8 Å². The van der Waals surface area contributed by atoms with E-state index < -0.39 is 17.6 Å². The molecule has 0 aliphatic heterocycles. The van der Waals surface area contributed by atoms with Crippen LogP contribution < -0.4 is 11.1 Å². The summed E-state index contributed by atoms with van der Waals surface area (Å²) in [4.78, 5) is 48.7. The number of benzene rings is 1. The fraction of sp³-hybridized carbons (Fsp3) is 0.182. The number of carbonyl (C=O) groups is 4. The molecule has 1 amide bonds. The van der Waals surface area contributed by atoms with Crippen molar-refractivity contribution in [2.45, 2.75) is 12.8 Å². The highest BCUT2D eigenvalue weighted by atomic mass is 16.2. The summed E-state index contributed by atoms with van der Waals surface area (Å²) < 4.78 is 0. The number of amides is 1. The fourth-order valence-electron chi connectivity index (χ4n) is 3.84. The van der Waals surface area contributed by atoms with Gasteiger partial charge in [-0.05, 0) is 29.2 Å². The summed E-state index contributed by atoms with van der Waals surface area (Å²) in [5.41, 5.74) is 9.59. The van der Waals surface area contributed by atoms with E-state index in [4.69, 9.17) is 5.73 Å². The third-order valence-electron chi connectivity index (χ3n) is 5.18. The highest BCUT2D eigenvalue weighted by Gasteiger charge is 2.37. The topological polar surface area (TPSA) is 106 Å². The molecule has 0 heterocycles. The SMILES string of the molecule is NC1=C(C(=O)NCCC=O)C(=O)C2C=C3C(=O)c4ccccc4CC3=CC2=C1. The molecule has 0 bridgehead atoms. The van der Waals surface area contributed by atoms with E-state index in [0.717, 1.165) is 11.1 Å². The van der Waals surface area contributed by atoms with Crippen molar-refractivity contribution in [2.75, 3.05) is 6.54 Å². The van der Waals surface area contributed by atoms with Gasteiger partial charge in [0.05, 0.1) is 5.92 Å². The van der Waals surface area contributed by atoms with E-state index in [-0.39, 0.29) is 30.0 Å². The summed E-state index contributed by atoms with van der Waals surface area (Å²) in [6, 6.07) is 7.42. The van der Waals surface area contributed by atoms with E-state index in [9.17, 15) is 19.2 Å². The van der Waals surface area contributed by atoms with E-state index in [1.54, 1.807) is 18.2 Å². The van der Waals surface area contributed by atoms with Crippen LogP contribution in [0.25, 0.3) is 0 Å². The van der Waals surface area contributed by atoms with Crippen LogP contribution in [0.4, 0.5) is 0 Å². The summed E-state index contributed by atoms with van der Waals surface area (Å²) in [7, 11) is 0. The van der Waals surface area contributed by atoms with Crippen LogP contribution in [0, 0.1) is 5.92 Å². The monoisotopic (exact) mass is 374 g/mol. The van der Waals surface area contributed by atoms with Gasteiger partial charge in [-0.1, -0.05) is 36.4 Å². The standard InChI is InChI=1S/C22H18N2O4/c23-18-10-14-9-13-8-12-4-1-2-5-15(12)20(26)16(13)11-17(14)21(27)19(18)22(28)24-6-3-7-25/h1-2,4-5,7,9-11,17H,3,6,8,23H2,(H,24,28). The molecule has 1 aromatic rings. The zero-order valence-corrected chi connectivity index (χ0v) is 15.0. The number of hydrogen-bond acceptors (Lipinski definition) is 5. The molecule has 3 N–H and O–H groups in total. The molecule has 0 aromatic heterocycles. The first-order valence-electron chi connectivity index (χ1n) is 9.04. The van der Waals surface area contributed by atoms with Crippen molar-refractivity contribution in [2.24, 2.45) is 11.7 Å². The Labute approximate surface area is 161 Å². The van der Waals surface area contributed by atoms with E-state index in [0.29, 0.717) is 29.4 Å². The smallest absolute Gasteiger partial charge is 0.257 e. The van der Waals surface area contributed by atoms with E-state index >= 15 is 0 Å². The summed E-state index contributed by atoms with van der Waals surface area (Å²) in [5, 5.41) is 2.53. The first-order valence-corrected chi connectivity index (χ1v) is 9.04. The van der Waals surface area contributed by atoms with Gasteiger partial charge in [-0.15, -0.1) is 0 Å². The molecule has 6 nitrogen and oxygen atoms in total. The third kappa shape index (κ3) is 2.83. The maximum absolute atomic E-state index is 13.0. The molecule has 0 radical (unpaired) electrons. The molecular formula is C22H18N2O4. The summed E-state index contributed by atoms with van der Waals surface area (Å²) in [6.07, 6.45) is 6.54.